The third-order valence-electron chi connectivity index (χ3n) is 3.27. The number of nitrogen functional groups attached to an aromatic ring is 1. The van der Waals surface area contributed by atoms with Crippen LogP contribution in [0.3, 0.4) is 0 Å². The van der Waals surface area contributed by atoms with Gasteiger partial charge >= 0.3 is 0 Å². The highest BCUT2D eigenvalue weighted by molar-refractivity contribution is 6.34. The molecule has 5 nitrogen and oxygen atoms in total. The van der Waals surface area contributed by atoms with Gasteiger partial charge in [0, 0.05) is 18.7 Å². The first-order valence-corrected chi connectivity index (χ1v) is 7.07. The van der Waals surface area contributed by atoms with E-state index in [-0.39, 0.29) is 18.4 Å². The van der Waals surface area contributed by atoms with Gasteiger partial charge in [0.05, 0.1) is 17.3 Å². The normalized spacial score (nSPS) is 15.8. The highest BCUT2D eigenvalue weighted by Gasteiger charge is 2.19. The van der Waals surface area contributed by atoms with E-state index in [0.29, 0.717) is 29.4 Å². The second-order valence-electron chi connectivity index (χ2n) is 4.91. The fraction of sp³-hybridized carbons (Fsp3) is 0.429. The van der Waals surface area contributed by atoms with E-state index in [0.717, 1.165) is 19.3 Å². The van der Waals surface area contributed by atoms with E-state index in [9.17, 15) is 9.59 Å². The van der Waals surface area contributed by atoms with Gasteiger partial charge in [-0.05, 0) is 31.0 Å². The Kier molecular flexibility index (Phi) is 4.84. The molecule has 0 radical (unpaired) electrons. The monoisotopic (exact) mass is 295 g/mol. The lowest BCUT2D eigenvalue weighted by Gasteiger charge is -2.20. The molecule has 0 aliphatic carbocycles. The summed E-state index contributed by atoms with van der Waals surface area (Å²) < 4.78 is 0. The fourth-order valence-corrected chi connectivity index (χ4v) is 2.44. The molecular weight excluding hydrogens is 278 g/mol. The van der Waals surface area contributed by atoms with Crippen molar-refractivity contribution in [1.82, 2.24) is 4.90 Å². The topological polar surface area (TPSA) is 75.4 Å². The number of nitrogens with zero attached hydrogens (tertiary/aromatic N) is 1. The number of halogens is 1. The average molecular weight is 296 g/mol. The van der Waals surface area contributed by atoms with Gasteiger partial charge in [-0.1, -0.05) is 18.0 Å². The molecule has 1 aliphatic heterocycles. The van der Waals surface area contributed by atoms with E-state index in [4.69, 9.17) is 17.3 Å². The molecule has 108 valence electrons. The standard InChI is InChI=1S/C14H18ClN3O2/c15-11-8-10(16)5-6-12(11)17-13(19)9-18-7-3-1-2-4-14(18)20/h5-6,8H,1-4,7,9,16H2,(H,17,19). The molecule has 1 aromatic carbocycles. The first kappa shape index (κ1) is 14.7. The molecule has 2 amide bonds. The van der Waals surface area contributed by atoms with Crippen LogP contribution in [0.2, 0.25) is 5.02 Å². The van der Waals surface area contributed by atoms with Crippen molar-refractivity contribution in [3.8, 4) is 0 Å². The van der Waals surface area contributed by atoms with Gasteiger partial charge in [0.1, 0.15) is 0 Å². The van der Waals surface area contributed by atoms with Crippen LogP contribution in [0.1, 0.15) is 25.7 Å². The van der Waals surface area contributed by atoms with E-state index in [1.807, 2.05) is 0 Å². The van der Waals surface area contributed by atoms with Gasteiger partial charge in [-0.15, -0.1) is 0 Å². The van der Waals surface area contributed by atoms with Gasteiger partial charge < -0.3 is 16.0 Å². The quantitative estimate of drug-likeness (QED) is 0.840. The van der Waals surface area contributed by atoms with Crippen molar-refractivity contribution in [2.24, 2.45) is 0 Å². The summed E-state index contributed by atoms with van der Waals surface area (Å²) in [5.41, 5.74) is 6.64. The number of nitrogens with one attached hydrogen (secondary N) is 1. The van der Waals surface area contributed by atoms with Crippen LogP contribution in [-0.2, 0) is 9.59 Å². The molecule has 0 atom stereocenters. The first-order chi connectivity index (χ1) is 9.56. The van der Waals surface area contributed by atoms with E-state index < -0.39 is 0 Å². The molecule has 0 spiro atoms. The Morgan fingerprint density at radius 1 is 1.35 bits per heavy atom. The zero-order valence-corrected chi connectivity index (χ0v) is 11.9. The van der Waals surface area contributed by atoms with Crippen LogP contribution in [0.4, 0.5) is 11.4 Å². The molecule has 1 fully saturated rings. The minimum atomic E-state index is -0.244. The van der Waals surface area contributed by atoms with Gasteiger partial charge in [0.15, 0.2) is 0 Å². The van der Waals surface area contributed by atoms with Crippen LogP contribution in [0.25, 0.3) is 0 Å². The van der Waals surface area contributed by atoms with Gasteiger partial charge in [-0.25, -0.2) is 0 Å². The molecule has 20 heavy (non-hydrogen) atoms. The van der Waals surface area contributed by atoms with E-state index in [1.54, 1.807) is 23.1 Å². The smallest absolute Gasteiger partial charge is 0.244 e. The predicted octanol–water partition coefficient (Wildman–Crippen LogP) is 2.26. The van der Waals surface area contributed by atoms with Crippen LogP contribution in [-0.4, -0.2) is 29.8 Å². The summed E-state index contributed by atoms with van der Waals surface area (Å²) in [5, 5.41) is 3.09. The number of hydrogen-bond acceptors (Lipinski definition) is 3. The summed E-state index contributed by atoms with van der Waals surface area (Å²) >= 11 is 6.00. The summed E-state index contributed by atoms with van der Waals surface area (Å²) in [6.45, 7) is 0.710. The second kappa shape index (κ2) is 6.61. The number of benzene rings is 1. The second-order valence-corrected chi connectivity index (χ2v) is 5.32. The largest absolute Gasteiger partial charge is 0.399 e. The Morgan fingerprint density at radius 3 is 2.90 bits per heavy atom. The molecule has 1 heterocycles. The third-order valence-corrected chi connectivity index (χ3v) is 3.59. The van der Waals surface area contributed by atoms with Crippen molar-refractivity contribution in [2.45, 2.75) is 25.7 Å². The summed E-state index contributed by atoms with van der Waals surface area (Å²) in [6.07, 6.45) is 3.41. The Labute approximate surface area is 123 Å². The minimum Gasteiger partial charge on any atom is -0.399 e. The van der Waals surface area contributed by atoms with Crippen LogP contribution in [0, 0.1) is 0 Å². The number of hydrogen-bond donors (Lipinski definition) is 2. The molecule has 6 heteroatoms. The van der Waals surface area contributed by atoms with Gasteiger partial charge in [0.2, 0.25) is 11.8 Å². The Bertz CT molecular complexity index is 519. The molecule has 0 bridgehead atoms. The summed E-state index contributed by atoms with van der Waals surface area (Å²) in [5.74, 6) is -0.201. The van der Waals surface area contributed by atoms with Gasteiger partial charge in [-0.2, -0.15) is 0 Å². The third kappa shape index (κ3) is 3.87. The fourth-order valence-electron chi connectivity index (χ4n) is 2.20. The molecule has 0 aromatic heterocycles. The maximum Gasteiger partial charge on any atom is 0.244 e. The van der Waals surface area contributed by atoms with Crippen molar-refractivity contribution >= 4 is 34.8 Å². The zero-order valence-electron chi connectivity index (χ0n) is 11.2. The molecule has 2 rings (SSSR count). The lowest BCUT2D eigenvalue weighted by molar-refractivity contribution is -0.134. The molecule has 0 saturated carbocycles. The Balaban J connectivity index is 1.96. The maximum atomic E-state index is 12.0. The number of anilines is 2. The first-order valence-electron chi connectivity index (χ1n) is 6.69. The van der Waals surface area contributed by atoms with Crippen molar-refractivity contribution in [3.05, 3.63) is 23.2 Å². The lowest BCUT2D eigenvalue weighted by Crippen LogP contribution is -2.37. The highest BCUT2D eigenvalue weighted by atomic mass is 35.5. The molecule has 1 aromatic rings. The number of likely N-dealkylation sites (tertiary alicyclic amines) is 1. The van der Waals surface area contributed by atoms with Crippen molar-refractivity contribution in [3.63, 3.8) is 0 Å². The van der Waals surface area contributed by atoms with Gasteiger partial charge in [-0.3, -0.25) is 9.59 Å². The Hall–Kier alpha value is -1.75. The minimum absolute atomic E-state index is 0.0426. The van der Waals surface area contributed by atoms with Crippen LogP contribution >= 0.6 is 11.6 Å². The number of nitrogens with two attached hydrogens (primary N) is 1. The maximum absolute atomic E-state index is 12.0. The number of rotatable bonds is 3. The van der Waals surface area contributed by atoms with Crippen LogP contribution in [0.5, 0.6) is 0 Å². The van der Waals surface area contributed by atoms with Crippen LogP contribution < -0.4 is 11.1 Å². The van der Waals surface area contributed by atoms with Crippen molar-refractivity contribution in [2.75, 3.05) is 24.1 Å². The van der Waals surface area contributed by atoms with E-state index >= 15 is 0 Å². The van der Waals surface area contributed by atoms with Crippen LogP contribution in [0.15, 0.2) is 18.2 Å². The number of carbonyl (C=O) groups is 2. The zero-order chi connectivity index (χ0) is 14.5. The SMILES string of the molecule is Nc1ccc(NC(=O)CN2CCCCCC2=O)c(Cl)c1. The van der Waals surface area contributed by atoms with Crippen molar-refractivity contribution < 1.29 is 9.59 Å². The summed E-state index contributed by atoms with van der Waals surface area (Å²) in [6, 6.07) is 4.90. The van der Waals surface area contributed by atoms with E-state index in [2.05, 4.69) is 5.32 Å². The molecule has 1 aliphatic rings. The Morgan fingerprint density at radius 2 is 2.15 bits per heavy atom. The molecule has 1 saturated heterocycles. The van der Waals surface area contributed by atoms with Gasteiger partial charge in [0.25, 0.3) is 0 Å². The van der Waals surface area contributed by atoms with Crippen molar-refractivity contribution in [1.29, 1.82) is 0 Å². The molecule has 3 N–H and O–H groups in total. The van der Waals surface area contributed by atoms with E-state index in [1.165, 1.54) is 0 Å². The summed E-state index contributed by atoms with van der Waals surface area (Å²) in [7, 11) is 0. The molecule has 0 unspecified atom stereocenters. The highest BCUT2D eigenvalue weighted by Crippen LogP contribution is 2.24. The molecular formula is C14H18ClN3O2. The predicted molar refractivity (Wildman–Crippen MR) is 79.5 cm³/mol. The summed E-state index contributed by atoms with van der Waals surface area (Å²) in [4.78, 5) is 25.4. The average Bonchev–Trinajstić information content (AvgIpc) is 2.59. The number of carbonyl (C=O) groups excluding carboxylic acids is 2. The number of amides is 2. The lowest BCUT2D eigenvalue weighted by atomic mass is 10.2.